The predicted molar refractivity (Wildman–Crippen MR) is 112 cm³/mol. The van der Waals surface area contributed by atoms with Gasteiger partial charge in [0.05, 0.1) is 6.54 Å². The molecule has 1 aliphatic carbocycles. The maximum atomic E-state index is 11.9. The van der Waals surface area contributed by atoms with Crippen LogP contribution in [0.1, 0.15) is 43.4 Å². The Morgan fingerprint density at radius 3 is 2.67 bits per heavy atom. The molecule has 1 amide bonds. The quantitative estimate of drug-likeness (QED) is 0.533. The van der Waals surface area contributed by atoms with Crippen LogP contribution in [0.25, 0.3) is 0 Å². The summed E-state index contributed by atoms with van der Waals surface area (Å²) in [5.41, 5.74) is 11.6. The third-order valence-electron chi connectivity index (χ3n) is 4.61. The number of nitrogens with one attached hydrogen (secondary N) is 2. The van der Waals surface area contributed by atoms with Crippen molar-refractivity contribution in [1.29, 1.82) is 0 Å². The molecule has 4 N–H and O–H groups in total. The molecule has 2 aromatic carbocycles. The molecule has 0 aromatic heterocycles. The van der Waals surface area contributed by atoms with E-state index in [1.165, 1.54) is 24.0 Å². The molecule has 0 atom stereocenters. The summed E-state index contributed by atoms with van der Waals surface area (Å²) >= 11 is 0. The average Bonchev–Trinajstić information content (AvgIpc) is 3.07. The Balaban J connectivity index is 1.58. The van der Waals surface area contributed by atoms with Gasteiger partial charge in [-0.2, -0.15) is 0 Å². The van der Waals surface area contributed by atoms with Crippen molar-refractivity contribution in [3.05, 3.63) is 59.2 Å². The van der Waals surface area contributed by atoms with Gasteiger partial charge in [-0.05, 0) is 66.1 Å². The fourth-order valence-corrected chi connectivity index (χ4v) is 3.34. The summed E-state index contributed by atoms with van der Waals surface area (Å²) in [5.74, 6) is 0.758. The first-order chi connectivity index (χ1) is 13.0. The zero-order valence-corrected chi connectivity index (χ0v) is 16.1. The number of nitrogens with two attached hydrogens (primary N) is 1. The second-order valence-electron chi connectivity index (χ2n) is 7.51. The third kappa shape index (κ3) is 5.58. The van der Waals surface area contributed by atoms with Crippen LogP contribution in [-0.2, 0) is 24.2 Å². The molecule has 3 rings (SSSR count). The van der Waals surface area contributed by atoms with Crippen LogP contribution < -0.4 is 16.4 Å². The third-order valence-corrected chi connectivity index (χ3v) is 4.61. The number of rotatable bonds is 6. The van der Waals surface area contributed by atoms with Crippen molar-refractivity contribution in [2.24, 2.45) is 16.6 Å². The van der Waals surface area contributed by atoms with E-state index in [0.717, 1.165) is 23.4 Å². The van der Waals surface area contributed by atoms with E-state index in [1.54, 1.807) is 0 Å². The predicted octanol–water partition coefficient (Wildman–Crippen LogP) is 4.09. The van der Waals surface area contributed by atoms with Crippen LogP contribution in [0.5, 0.6) is 0 Å². The first-order valence-electron chi connectivity index (χ1n) is 9.57. The summed E-state index contributed by atoms with van der Waals surface area (Å²) < 4.78 is 0. The van der Waals surface area contributed by atoms with Gasteiger partial charge in [0.15, 0.2) is 5.96 Å². The second-order valence-corrected chi connectivity index (χ2v) is 7.51. The number of nitrogens with zero attached hydrogens (tertiary/aromatic N) is 1. The van der Waals surface area contributed by atoms with E-state index in [-0.39, 0.29) is 5.91 Å². The van der Waals surface area contributed by atoms with Gasteiger partial charge in [0.1, 0.15) is 0 Å². The van der Waals surface area contributed by atoms with E-state index in [9.17, 15) is 4.79 Å². The Morgan fingerprint density at radius 2 is 1.85 bits per heavy atom. The van der Waals surface area contributed by atoms with E-state index in [2.05, 4.69) is 33.8 Å². The van der Waals surface area contributed by atoms with Gasteiger partial charge in [0.25, 0.3) is 0 Å². The van der Waals surface area contributed by atoms with Crippen molar-refractivity contribution >= 4 is 23.2 Å². The molecule has 0 heterocycles. The van der Waals surface area contributed by atoms with Gasteiger partial charge in [0, 0.05) is 17.8 Å². The van der Waals surface area contributed by atoms with Gasteiger partial charge in [-0.25, -0.2) is 4.99 Å². The molecule has 1 aliphatic rings. The van der Waals surface area contributed by atoms with E-state index in [1.807, 2.05) is 38.1 Å². The van der Waals surface area contributed by atoms with Crippen LogP contribution in [0.4, 0.5) is 11.4 Å². The number of fused-ring (bicyclic) bond motifs is 1. The highest BCUT2D eigenvalue weighted by Gasteiger charge is 2.11. The molecule has 0 fully saturated rings. The largest absolute Gasteiger partial charge is 0.370 e. The lowest BCUT2D eigenvalue weighted by molar-refractivity contribution is -0.116. The van der Waals surface area contributed by atoms with E-state index in [0.29, 0.717) is 24.8 Å². The zero-order valence-electron chi connectivity index (χ0n) is 16.1. The van der Waals surface area contributed by atoms with Crippen molar-refractivity contribution in [3.8, 4) is 0 Å². The van der Waals surface area contributed by atoms with Crippen molar-refractivity contribution in [2.45, 2.75) is 46.1 Å². The van der Waals surface area contributed by atoms with Gasteiger partial charge >= 0.3 is 0 Å². The number of aryl methyl sites for hydroxylation is 2. The number of carbonyl (C=O) groups is 1. The Kier molecular flexibility index (Phi) is 6.12. The van der Waals surface area contributed by atoms with Crippen LogP contribution >= 0.6 is 0 Å². The van der Waals surface area contributed by atoms with Gasteiger partial charge in [-0.3, -0.25) is 4.79 Å². The highest BCUT2D eigenvalue weighted by molar-refractivity contribution is 5.92. The first kappa shape index (κ1) is 19.0. The van der Waals surface area contributed by atoms with Gasteiger partial charge in [-0.1, -0.05) is 32.0 Å². The minimum Gasteiger partial charge on any atom is -0.370 e. The molecule has 5 nitrogen and oxygen atoms in total. The molecule has 0 saturated heterocycles. The van der Waals surface area contributed by atoms with Crippen LogP contribution in [0.2, 0.25) is 0 Å². The van der Waals surface area contributed by atoms with Crippen molar-refractivity contribution < 1.29 is 4.79 Å². The number of carbonyl (C=O) groups excluding carboxylic acids is 1. The first-order valence-corrected chi connectivity index (χ1v) is 9.57. The van der Waals surface area contributed by atoms with Gasteiger partial charge in [-0.15, -0.1) is 0 Å². The lowest BCUT2D eigenvalue weighted by Crippen LogP contribution is -2.22. The van der Waals surface area contributed by atoms with Gasteiger partial charge in [0.2, 0.25) is 5.91 Å². The number of guanidine groups is 1. The highest BCUT2D eigenvalue weighted by Crippen LogP contribution is 2.24. The zero-order chi connectivity index (χ0) is 19.2. The number of aliphatic imine (C=N–C) groups is 1. The Labute approximate surface area is 161 Å². The van der Waals surface area contributed by atoms with E-state index in [4.69, 9.17) is 5.73 Å². The summed E-state index contributed by atoms with van der Waals surface area (Å²) in [6, 6.07) is 14.1. The smallest absolute Gasteiger partial charge is 0.224 e. The molecule has 5 heteroatoms. The summed E-state index contributed by atoms with van der Waals surface area (Å²) in [4.78, 5) is 16.3. The minimum absolute atomic E-state index is 0.0310. The SMILES string of the molecule is CC(C)CC(=O)Nc1cccc(CN=C(N)Nc2ccc3c(c2)CCC3)c1. The lowest BCUT2D eigenvalue weighted by Gasteiger charge is -2.09. The standard InChI is InChI=1S/C22H28N4O/c1-15(2)11-21(27)25-19-8-3-5-16(12-19)14-24-22(23)26-20-10-9-17-6-4-7-18(17)13-20/h3,5,8-10,12-13,15H,4,6-7,11,14H2,1-2H3,(H,25,27)(H3,23,24,26). The number of amides is 1. The molecule has 0 saturated carbocycles. The van der Waals surface area contributed by atoms with Crippen LogP contribution in [0, 0.1) is 5.92 Å². The summed E-state index contributed by atoms with van der Waals surface area (Å²) in [5, 5.41) is 6.10. The monoisotopic (exact) mass is 364 g/mol. The topological polar surface area (TPSA) is 79.5 Å². The number of hydrogen-bond acceptors (Lipinski definition) is 2. The fourth-order valence-electron chi connectivity index (χ4n) is 3.34. The minimum atomic E-state index is 0.0310. The summed E-state index contributed by atoms with van der Waals surface area (Å²) in [7, 11) is 0. The second kappa shape index (κ2) is 8.71. The van der Waals surface area contributed by atoms with Crippen molar-refractivity contribution in [1.82, 2.24) is 0 Å². The van der Waals surface area contributed by atoms with E-state index < -0.39 is 0 Å². The summed E-state index contributed by atoms with van der Waals surface area (Å²) in [6.07, 6.45) is 4.05. The van der Waals surface area contributed by atoms with Crippen molar-refractivity contribution in [2.75, 3.05) is 10.6 Å². The molecule has 27 heavy (non-hydrogen) atoms. The molecule has 0 spiro atoms. The molecule has 0 radical (unpaired) electrons. The number of anilines is 2. The fraction of sp³-hybridized carbons (Fsp3) is 0.364. The maximum Gasteiger partial charge on any atom is 0.224 e. The number of benzene rings is 2. The average molecular weight is 364 g/mol. The molecule has 2 aromatic rings. The Hall–Kier alpha value is -2.82. The molecular weight excluding hydrogens is 336 g/mol. The van der Waals surface area contributed by atoms with Crippen molar-refractivity contribution in [3.63, 3.8) is 0 Å². The summed E-state index contributed by atoms with van der Waals surface area (Å²) in [6.45, 7) is 4.51. The Bertz CT molecular complexity index is 842. The van der Waals surface area contributed by atoms with Gasteiger partial charge < -0.3 is 16.4 Å². The lowest BCUT2D eigenvalue weighted by atomic mass is 10.1. The van der Waals surface area contributed by atoms with Crippen LogP contribution in [0.3, 0.4) is 0 Å². The van der Waals surface area contributed by atoms with Crippen LogP contribution in [0.15, 0.2) is 47.5 Å². The van der Waals surface area contributed by atoms with Crippen LogP contribution in [-0.4, -0.2) is 11.9 Å². The van der Waals surface area contributed by atoms with E-state index >= 15 is 0 Å². The molecular formula is C22H28N4O. The maximum absolute atomic E-state index is 11.9. The molecule has 0 aliphatic heterocycles. The normalized spacial score (nSPS) is 13.5. The molecule has 0 unspecified atom stereocenters. The molecule has 142 valence electrons. The number of hydrogen-bond donors (Lipinski definition) is 3. The Morgan fingerprint density at radius 1 is 1.07 bits per heavy atom. The highest BCUT2D eigenvalue weighted by atomic mass is 16.1. The molecule has 0 bridgehead atoms.